The van der Waals surface area contributed by atoms with Crippen LogP contribution in [0.25, 0.3) is 5.82 Å². The number of aromatic nitrogens is 3. The maximum absolute atomic E-state index is 11.5. The van der Waals surface area contributed by atoms with Crippen molar-refractivity contribution in [2.45, 2.75) is 6.92 Å². The van der Waals surface area contributed by atoms with E-state index in [9.17, 15) is 9.59 Å². The molecule has 0 aliphatic rings. The van der Waals surface area contributed by atoms with Crippen LogP contribution in [0.3, 0.4) is 0 Å². The van der Waals surface area contributed by atoms with Gasteiger partial charge >= 0.3 is 11.9 Å². The minimum atomic E-state index is -0.466. The Morgan fingerprint density at radius 1 is 1.30 bits per heavy atom. The van der Waals surface area contributed by atoms with Gasteiger partial charge in [0.25, 0.3) is 0 Å². The van der Waals surface area contributed by atoms with Gasteiger partial charge in [-0.3, -0.25) is 0 Å². The lowest BCUT2D eigenvalue weighted by Crippen LogP contribution is -2.05. The van der Waals surface area contributed by atoms with E-state index in [2.05, 4.69) is 14.8 Å². The third-order valence-corrected chi connectivity index (χ3v) is 2.50. The number of hydrogen-bond acceptors (Lipinski definition) is 6. The molecule has 104 valence electrons. The number of carbonyl (C=O) groups is 2. The second-order valence-electron chi connectivity index (χ2n) is 3.79. The fourth-order valence-corrected chi connectivity index (χ4v) is 1.56. The van der Waals surface area contributed by atoms with Gasteiger partial charge in [0.1, 0.15) is 0 Å². The van der Waals surface area contributed by atoms with E-state index in [0.29, 0.717) is 23.6 Å². The predicted octanol–water partition coefficient (Wildman–Crippen LogP) is 1.23. The Morgan fingerprint density at radius 2 is 2.10 bits per heavy atom. The molecule has 0 amide bonds. The van der Waals surface area contributed by atoms with Gasteiger partial charge < -0.3 is 9.47 Å². The molecular formula is C13H13N3O4. The summed E-state index contributed by atoms with van der Waals surface area (Å²) in [6.07, 6.45) is 4.33. The summed E-state index contributed by atoms with van der Waals surface area (Å²) in [6.45, 7) is 2.02. The summed E-state index contributed by atoms with van der Waals surface area (Å²) in [7, 11) is 1.30. The minimum absolute atomic E-state index is 0.292. The fraction of sp³-hybridized carbons (Fsp3) is 0.231. The molecule has 0 fully saturated rings. The van der Waals surface area contributed by atoms with Crippen LogP contribution in [-0.4, -0.2) is 40.4 Å². The quantitative estimate of drug-likeness (QED) is 0.780. The highest BCUT2D eigenvalue weighted by atomic mass is 16.5. The van der Waals surface area contributed by atoms with Crippen LogP contribution < -0.4 is 0 Å². The van der Waals surface area contributed by atoms with E-state index in [4.69, 9.17) is 4.74 Å². The Bertz CT molecular complexity index is 636. The highest BCUT2D eigenvalue weighted by molar-refractivity contribution is 5.90. The summed E-state index contributed by atoms with van der Waals surface area (Å²) in [4.78, 5) is 27.1. The molecule has 0 unspecified atom stereocenters. The van der Waals surface area contributed by atoms with Gasteiger partial charge in [-0.2, -0.15) is 5.10 Å². The van der Waals surface area contributed by atoms with Gasteiger partial charge in [-0.25, -0.2) is 19.3 Å². The topological polar surface area (TPSA) is 83.3 Å². The van der Waals surface area contributed by atoms with Crippen LogP contribution in [0.15, 0.2) is 30.7 Å². The molecule has 0 bridgehead atoms. The third-order valence-electron chi connectivity index (χ3n) is 2.50. The van der Waals surface area contributed by atoms with Crippen molar-refractivity contribution in [2.75, 3.05) is 13.7 Å². The number of rotatable bonds is 4. The second kappa shape index (κ2) is 5.96. The van der Waals surface area contributed by atoms with Crippen LogP contribution >= 0.6 is 0 Å². The molecule has 0 aliphatic heterocycles. The molecule has 2 aromatic rings. The maximum Gasteiger partial charge on any atom is 0.341 e. The minimum Gasteiger partial charge on any atom is -0.465 e. The van der Waals surface area contributed by atoms with Gasteiger partial charge in [-0.1, -0.05) is 0 Å². The van der Waals surface area contributed by atoms with Gasteiger partial charge in [-0.15, -0.1) is 0 Å². The molecule has 0 radical (unpaired) electrons. The van der Waals surface area contributed by atoms with E-state index in [1.54, 1.807) is 6.92 Å². The first kappa shape index (κ1) is 13.7. The lowest BCUT2D eigenvalue weighted by atomic mass is 10.2. The molecule has 0 spiro atoms. The number of hydrogen-bond donors (Lipinski definition) is 0. The van der Waals surface area contributed by atoms with Crippen molar-refractivity contribution >= 4 is 11.9 Å². The van der Waals surface area contributed by atoms with Crippen molar-refractivity contribution in [3.05, 3.63) is 41.9 Å². The van der Waals surface area contributed by atoms with Crippen LogP contribution in [0.4, 0.5) is 0 Å². The van der Waals surface area contributed by atoms with Crippen LogP contribution in [0, 0.1) is 0 Å². The van der Waals surface area contributed by atoms with Gasteiger partial charge in [-0.05, 0) is 19.1 Å². The smallest absolute Gasteiger partial charge is 0.341 e. The summed E-state index contributed by atoms with van der Waals surface area (Å²) in [6, 6.07) is 3.05. The second-order valence-corrected chi connectivity index (χ2v) is 3.79. The Morgan fingerprint density at radius 3 is 2.80 bits per heavy atom. The predicted molar refractivity (Wildman–Crippen MR) is 68.7 cm³/mol. The zero-order valence-corrected chi connectivity index (χ0v) is 11.1. The molecule has 20 heavy (non-hydrogen) atoms. The summed E-state index contributed by atoms with van der Waals surface area (Å²) in [5.41, 5.74) is 0.669. The SMILES string of the molecule is CCOC(=O)c1cnn(-c2cc(C(=O)OC)ccn2)c1. The lowest BCUT2D eigenvalue weighted by molar-refractivity contribution is 0.0525. The molecule has 7 heteroatoms. The number of pyridine rings is 1. The Kier molecular flexibility index (Phi) is 4.09. The van der Waals surface area contributed by atoms with E-state index in [-0.39, 0.29) is 0 Å². The standard InChI is InChI=1S/C13H13N3O4/c1-3-20-13(18)10-7-15-16(8-10)11-6-9(4-5-14-11)12(17)19-2/h4-8H,3H2,1-2H3. The molecule has 0 atom stereocenters. The maximum atomic E-state index is 11.5. The van der Waals surface area contributed by atoms with Crippen molar-refractivity contribution in [1.82, 2.24) is 14.8 Å². The molecule has 0 saturated carbocycles. The number of esters is 2. The van der Waals surface area contributed by atoms with Gasteiger partial charge in [0, 0.05) is 12.4 Å². The Hall–Kier alpha value is -2.70. The molecule has 2 aromatic heterocycles. The summed E-state index contributed by atoms with van der Waals surface area (Å²) >= 11 is 0. The van der Waals surface area contributed by atoms with E-state index in [1.807, 2.05) is 0 Å². The average Bonchev–Trinajstić information content (AvgIpc) is 2.97. The van der Waals surface area contributed by atoms with Crippen molar-refractivity contribution in [3.63, 3.8) is 0 Å². The number of nitrogens with zero attached hydrogens (tertiary/aromatic N) is 3. The first-order chi connectivity index (χ1) is 9.65. The van der Waals surface area contributed by atoms with Crippen LogP contribution in [0.1, 0.15) is 27.6 Å². The summed E-state index contributed by atoms with van der Waals surface area (Å²) < 4.78 is 10.9. The van der Waals surface area contributed by atoms with Crippen molar-refractivity contribution in [1.29, 1.82) is 0 Å². The molecule has 0 N–H and O–H groups in total. The van der Waals surface area contributed by atoms with Gasteiger partial charge in [0.2, 0.25) is 0 Å². The molecule has 0 aliphatic carbocycles. The lowest BCUT2D eigenvalue weighted by Gasteiger charge is -2.02. The Labute approximate surface area is 115 Å². The highest BCUT2D eigenvalue weighted by Crippen LogP contribution is 2.09. The number of carbonyl (C=O) groups excluding carboxylic acids is 2. The number of ether oxygens (including phenoxy) is 2. The van der Waals surface area contributed by atoms with E-state index < -0.39 is 11.9 Å². The summed E-state index contributed by atoms with van der Waals surface area (Å²) in [5.74, 6) is -0.516. The van der Waals surface area contributed by atoms with Crippen LogP contribution in [0.5, 0.6) is 0 Å². The molecule has 7 nitrogen and oxygen atoms in total. The van der Waals surface area contributed by atoms with Crippen LogP contribution in [-0.2, 0) is 9.47 Å². The zero-order chi connectivity index (χ0) is 14.5. The van der Waals surface area contributed by atoms with Gasteiger partial charge in [0.05, 0.1) is 31.0 Å². The normalized spacial score (nSPS) is 10.1. The van der Waals surface area contributed by atoms with E-state index in [0.717, 1.165) is 0 Å². The van der Waals surface area contributed by atoms with Crippen molar-refractivity contribution in [3.8, 4) is 5.82 Å². The first-order valence-electron chi connectivity index (χ1n) is 5.92. The van der Waals surface area contributed by atoms with Crippen LogP contribution in [0.2, 0.25) is 0 Å². The molecule has 2 heterocycles. The van der Waals surface area contributed by atoms with E-state index in [1.165, 1.54) is 42.5 Å². The summed E-state index contributed by atoms with van der Waals surface area (Å²) in [5, 5.41) is 4.02. The zero-order valence-electron chi connectivity index (χ0n) is 11.1. The van der Waals surface area contributed by atoms with Crippen molar-refractivity contribution < 1.29 is 19.1 Å². The number of methoxy groups -OCH3 is 1. The highest BCUT2D eigenvalue weighted by Gasteiger charge is 2.12. The monoisotopic (exact) mass is 275 g/mol. The largest absolute Gasteiger partial charge is 0.465 e. The van der Waals surface area contributed by atoms with E-state index >= 15 is 0 Å². The third kappa shape index (κ3) is 2.82. The Balaban J connectivity index is 2.28. The molecule has 2 rings (SSSR count). The average molecular weight is 275 g/mol. The van der Waals surface area contributed by atoms with Gasteiger partial charge in [0.15, 0.2) is 5.82 Å². The molecule has 0 saturated heterocycles. The first-order valence-corrected chi connectivity index (χ1v) is 5.92. The van der Waals surface area contributed by atoms with Crippen molar-refractivity contribution in [2.24, 2.45) is 0 Å². The molecule has 0 aromatic carbocycles. The molecular weight excluding hydrogens is 262 g/mol. The fourth-order valence-electron chi connectivity index (χ4n) is 1.56.